The topological polar surface area (TPSA) is 43.1 Å². The molecule has 0 radical (unpaired) electrons. The first-order chi connectivity index (χ1) is 26.9. The van der Waals surface area contributed by atoms with Gasteiger partial charge in [0.2, 0.25) is 5.91 Å². The third kappa shape index (κ3) is 8.28. The van der Waals surface area contributed by atoms with Gasteiger partial charge in [0, 0.05) is 37.5 Å². The summed E-state index contributed by atoms with van der Waals surface area (Å²) in [6.07, 6.45) is 1.10. The van der Waals surface area contributed by atoms with Crippen LogP contribution in [-0.2, 0) is 39.2 Å². The van der Waals surface area contributed by atoms with Gasteiger partial charge in [0.25, 0.3) is 0 Å². The molecule has 9 rings (SSSR count). The molecule has 4 aromatic carbocycles. The number of hydrogen-bond acceptors (Lipinski definition) is 1. The van der Waals surface area contributed by atoms with E-state index >= 15 is 0 Å². The molecular weight excluding hydrogens is 1000 g/mol. The number of amides is 1. The molecule has 5 aliphatic carbocycles. The third-order valence-electron chi connectivity index (χ3n) is 11.9. The molecule has 0 unspecified atom stereocenters. The molecule has 5 aliphatic rings. The molecule has 0 heterocycles. The fourth-order valence-electron chi connectivity index (χ4n) is 9.72. The van der Waals surface area contributed by atoms with E-state index in [1.807, 2.05) is 0 Å². The molecule has 2 nitrogen and oxygen atoms in total. The van der Waals surface area contributed by atoms with Gasteiger partial charge in [0.05, 0.1) is 0 Å². The molecule has 0 atom stereocenters. The predicted molar refractivity (Wildman–Crippen MR) is 262 cm³/mol. The summed E-state index contributed by atoms with van der Waals surface area (Å²) in [6.45, 7) is 29.0. The number of carbonyl (C=O) groups excluding carboxylic acids is 1. The number of halogens is 3. The van der Waals surface area contributed by atoms with E-state index < -0.39 is 0 Å². The molecule has 0 saturated carbocycles. The molecule has 0 saturated heterocycles. The Bertz CT molecular complexity index is 2230. The standard InChI is InChI=1S/C23H22.C22H20Br2.C5H12.C2H5NO.Cu.HI/c1-22(2)18-11-7-5-9-14(18)16-13-17-15-10-6-8-12-19(15)23(3,4)21(17)20(16)22;1-21(2)15-11-7-5-9-13(15)19(23)17(21)18-20(24)14-10-6-8-12-16(14)22(18,3)4;1-5(2,3)4;1-2(3)4;;/h5-12H,13H2,1-4H3;5-12H,1-4H3;1-4H3;1H3,(H2,3,4);;1H/q;;;;+1;/p-1. The van der Waals surface area contributed by atoms with Gasteiger partial charge in [-0.1, -0.05) is 180 Å². The van der Waals surface area contributed by atoms with Crippen molar-refractivity contribution in [1.82, 2.24) is 0 Å². The minimum atomic E-state index is -0.333. The van der Waals surface area contributed by atoms with Crippen LogP contribution in [0, 0.1) is 5.41 Å². The van der Waals surface area contributed by atoms with E-state index in [4.69, 9.17) is 0 Å². The summed E-state index contributed by atoms with van der Waals surface area (Å²) in [5.41, 5.74) is 25.7. The van der Waals surface area contributed by atoms with Crippen LogP contribution < -0.4 is 5.73 Å². The molecule has 4 aromatic rings. The molecule has 0 spiro atoms. The van der Waals surface area contributed by atoms with Crippen molar-refractivity contribution < 1.29 is 17.6 Å². The molecule has 0 bridgehead atoms. The van der Waals surface area contributed by atoms with Gasteiger partial charge in [0.1, 0.15) is 0 Å². The van der Waals surface area contributed by atoms with Crippen molar-refractivity contribution >= 4 is 78.2 Å². The second kappa shape index (κ2) is 17.1. The van der Waals surface area contributed by atoms with Crippen LogP contribution in [-0.4, -0.2) is 5.91 Å². The van der Waals surface area contributed by atoms with Crippen LogP contribution in [0.25, 0.3) is 20.1 Å². The van der Waals surface area contributed by atoms with Crippen molar-refractivity contribution in [2.24, 2.45) is 11.1 Å². The summed E-state index contributed by atoms with van der Waals surface area (Å²) in [4.78, 5) is 9.22. The van der Waals surface area contributed by atoms with Crippen LogP contribution in [0.5, 0.6) is 0 Å². The quantitative estimate of drug-likeness (QED) is 0.150. The molecule has 0 aromatic heterocycles. The predicted octanol–water partition coefficient (Wildman–Crippen LogP) is 15.5. The Kier molecular flexibility index (Phi) is 13.7. The fourth-order valence-corrected chi connectivity index (χ4v) is 11.8. The van der Waals surface area contributed by atoms with E-state index in [1.165, 1.54) is 71.5 Å². The van der Waals surface area contributed by atoms with Crippen molar-refractivity contribution in [1.29, 1.82) is 0 Å². The average molecular weight is 1060 g/mol. The normalized spacial score (nSPS) is 18.8. The fraction of sp³-hybridized carbons (Fsp3) is 0.365. The maximum absolute atomic E-state index is 9.22. The first kappa shape index (κ1) is 46.6. The van der Waals surface area contributed by atoms with E-state index in [9.17, 15) is 4.79 Å². The second-order valence-electron chi connectivity index (χ2n) is 19.6. The van der Waals surface area contributed by atoms with Crippen molar-refractivity contribution in [3.05, 3.63) is 164 Å². The number of primary amides is 1. The Morgan fingerprint density at radius 2 is 0.724 bits per heavy atom. The summed E-state index contributed by atoms with van der Waals surface area (Å²) in [7, 11) is 0. The van der Waals surface area contributed by atoms with Gasteiger partial charge in [0.15, 0.2) is 0 Å². The van der Waals surface area contributed by atoms with E-state index in [1.54, 1.807) is 42.6 Å². The molecule has 1 amide bonds. The molecule has 58 heavy (non-hydrogen) atoms. The Morgan fingerprint density at radius 1 is 0.517 bits per heavy atom. The molecule has 0 aliphatic heterocycles. The van der Waals surface area contributed by atoms with Gasteiger partial charge >= 0.3 is 33.1 Å². The molecule has 2 N–H and O–H groups in total. The number of carbonyl (C=O) groups is 1. The van der Waals surface area contributed by atoms with Gasteiger partial charge in [-0.15, -0.1) is 0 Å². The van der Waals surface area contributed by atoms with Crippen LogP contribution in [0.15, 0.2) is 119 Å². The molecule has 0 fully saturated rings. The van der Waals surface area contributed by atoms with Crippen LogP contribution in [0.2, 0.25) is 0 Å². The van der Waals surface area contributed by atoms with Gasteiger partial charge in [-0.25, -0.2) is 0 Å². The first-order valence-corrected chi connectivity index (χ1v) is 24.6. The Balaban J connectivity index is 0.000000177. The van der Waals surface area contributed by atoms with E-state index in [2.05, 4.69) is 231 Å². The number of hydrogen-bond donors (Lipinski definition) is 1. The van der Waals surface area contributed by atoms with Crippen LogP contribution in [0.1, 0.15) is 141 Å². The van der Waals surface area contributed by atoms with Crippen molar-refractivity contribution in [3.63, 3.8) is 0 Å². The molecule has 310 valence electrons. The van der Waals surface area contributed by atoms with Gasteiger partial charge in [-0.05, 0) is 122 Å². The zero-order chi connectivity index (χ0) is 43.3. The summed E-state index contributed by atoms with van der Waals surface area (Å²) < 4.78 is 2.46. The number of nitrogens with two attached hydrogens (primary N) is 1. The van der Waals surface area contributed by atoms with Gasteiger partial charge < -0.3 is 5.73 Å². The van der Waals surface area contributed by atoms with Crippen LogP contribution in [0.3, 0.4) is 0 Å². The van der Waals surface area contributed by atoms with E-state index in [0.717, 1.165) is 6.42 Å². The van der Waals surface area contributed by atoms with Crippen molar-refractivity contribution in [2.45, 2.75) is 118 Å². The Hall–Kier alpha value is -2.48. The number of fused-ring (bicyclic) bond motifs is 7. The average Bonchev–Trinajstić information content (AvgIpc) is 3.84. The van der Waals surface area contributed by atoms with Crippen molar-refractivity contribution in [3.8, 4) is 0 Å². The zero-order valence-corrected chi connectivity index (χ0v) is 42.6. The SMILES string of the molecule is CC(C)(C)C.CC(N)=O.CC1(C)C(C2=C(Br)c3ccccc3C2(C)C)=C(Br)c2ccccc21.CC1(C)C2=C(CC3=C2C(C)(C)c2ccccc23)c2ccccc21.[Cu][I]. The maximum atomic E-state index is 9.22. The van der Waals surface area contributed by atoms with E-state index in [0.29, 0.717) is 5.41 Å². The number of benzene rings is 4. The minimum absolute atomic E-state index is 0.0247. The third-order valence-corrected chi connectivity index (χ3v) is 13.6. The monoisotopic (exact) mass is 1060 g/mol. The first-order valence-electron chi connectivity index (χ1n) is 20.0. The van der Waals surface area contributed by atoms with Crippen LogP contribution >= 0.6 is 52.2 Å². The Labute approximate surface area is 385 Å². The zero-order valence-electron chi connectivity index (χ0n) is 36.4. The van der Waals surface area contributed by atoms with Crippen LogP contribution in [0.4, 0.5) is 0 Å². The van der Waals surface area contributed by atoms with Gasteiger partial charge in [-0.3, -0.25) is 4.79 Å². The number of rotatable bonds is 1. The summed E-state index contributed by atoms with van der Waals surface area (Å²) in [6, 6.07) is 35.5. The van der Waals surface area contributed by atoms with E-state index in [-0.39, 0.29) is 27.6 Å². The Morgan fingerprint density at radius 3 is 0.983 bits per heavy atom. The van der Waals surface area contributed by atoms with Crippen molar-refractivity contribution in [2.75, 3.05) is 0 Å². The molecule has 6 heteroatoms. The summed E-state index contributed by atoms with van der Waals surface area (Å²) in [5, 5.41) is 0. The number of allylic oxidation sites excluding steroid dienone is 6. The van der Waals surface area contributed by atoms with Gasteiger partial charge in [-0.2, -0.15) is 0 Å². The second-order valence-corrected chi connectivity index (χ2v) is 21.1. The summed E-state index contributed by atoms with van der Waals surface area (Å²) >= 11 is 13.7. The summed E-state index contributed by atoms with van der Waals surface area (Å²) in [5.74, 6) is -0.333. The molecular formula is C52H59Br2CuINO.